The third-order valence-corrected chi connectivity index (χ3v) is 2.05. The van der Waals surface area contributed by atoms with Gasteiger partial charge in [-0.3, -0.25) is 4.79 Å². The van der Waals surface area contributed by atoms with Gasteiger partial charge in [-0.25, -0.2) is 0 Å². The number of nitrogens with one attached hydrogen (secondary N) is 1. The molecule has 6 heteroatoms. The van der Waals surface area contributed by atoms with E-state index >= 15 is 0 Å². The highest BCUT2D eigenvalue weighted by Crippen LogP contribution is 1.97. The van der Waals surface area contributed by atoms with Gasteiger partial charge in [-0.05, 0) is 19.4 Å². The molecule has 0 aromatic rings. The number of carbonyl (C=O) groups excluding carboxylic acids is 1. The Bertz CT molecular complexity index is 178. The topological polar surface area (TPSA) is 111 Å². The third kappa shape index (κ3) is 7.26. The largest absolute Gasteiger partial charge is 0.383 e. The fraction of sp³-hybridized carbons (Fsp3) is 0.889. The van der Waals surface area contributed by atoms with E-state index in [-0.39, 0.29) is 12.6 Å². The van der Waals surface area contributed by atoms with Gasteiger partial charge in [0, 0.05) is 19.7 Å². The van der Waals surface area contributed by atoms with Crippen LogP contribution in [-0.2, 0) is 9.53 Å². The molecule has 0 spiro atoms. The summed E-state index contributed by atoms with van der Waals surface area (Å²) in [7, 11) is 1.60. The number of ether oxygens (including phenoxy) is 1. The summed E-state index contributed by atoms with van der Waals surface area (Å²) >= 11 is 0. The Balaban J connectivity index is 3.78. The third-order valence-electron chi connectivity index (χ3n) is 2.05. The lowest BCUT2D eigenvalue weighted by molar-refractivity contribution is -0.125. The van der Waals surface area contributed by atoms with Crippen molar-refractivity contribution in [2.75, 3.05) is 26.8 Å². The van der Waals surface area contributed by atoms with E-state index in [0.717, 1.165) is 12.8 Å². The van der Waals surface area contributed by atoms with E-state index in [0.29, 0.717) is 13.2 Å². The first kappa shape index (κ1) is 14.3. The molecule has 0 saturated heterocycles. The number of aliphatic hydroxyl groups is 1. The van der Waals surface area contributed by atoms with Crippen LogP contribution < -0.4 is 16.8 Å². The van der Waals surface area contributed by atoms with E-state index in [1.807, 2.05) is 0 Å². The van der Waals surface area contributed by atoms with Gasteiger partial charge in [-0.1, -0.05) is 0 Å². The average Bonchev–Trinajstić information content (AvgIpc) is 2.21. The van der Waals surface area contributed by atoms with E-state index in [2.05, 4.69) is 5.32 Å². The first-order valence-electron chi connectivity index (χ1n) is 5.01. The summed E-state index contributed by atoms with van der Waals surface area (Å²) in [5.74, 6) is -0.725. The Morgan fingerprint density at radius 2 is 2.27 bits per heavy atom. The van der Waals surface area contributed by atoms with Gasteiger partial charge in [0.2, 0.25) is 5.91 Å². The van der Waals surface area contributed by atoms with Gasteiger partial charge >= 0.3 is 0 Å². The molecule has 0 fully saturated rings. The molecule has 0 aromatic heterocycles. The Hall–Kier alpha value is -0.690. The standard InChI is InChI=1S/C9H21N3O3/c1-15-6-7(3-2-4-10)12-5-8(13)9(11)14/h7-8,12-13H,2-6,10H2,1H3,(H2,11,14). The molecule has 6 nitrogen and oxygen atoms in total. The number of aliphatic hydroxyl groups excluding tert-OH is 1. The lowest BCUT2D eigenvalue weighted by atomic mass is 10.1. The maximum Gasteiger partial charge on any atom is 0.247 e. The number of hydrogen-bond donors (Lipinski definition) is 4. The van der Waals surface area contributed by atoms with E-state index in [1.165, 1.54) is 0 Å². The number of amides is 1. The number of methoxy groups -OCH3 is 1. The fourth-order valence-corrected chi connectivity index (χ4v) is 1.19. The Morgan fingerprint density at radius 3 is 2.73 bits per heavy atom. The molecular formula is C9H21N3O3. The van der Waals surface area contributed by atoms with Gasteiger partial charge in [0.1, 0.15) is 6.10 Å². The van der Waals surface area contributed by atoms with Crippen molar-refractivity contribution in [1.29, 1.82) is 0 Å². The molecule has 0 bridgehead atoms. The molecule has 0 aliphatic heterocycles. The lowest BCUT2D eigenvalue weighted by Gasteiger charge is -2.18. The smallest absolute Gasteiger partial charge is 0.247 e. The normalized spacial score (nSPS) is 14.9. The van der Waals surface area contributed by atoms with Gasteiger partial charge in [0.15, 0.2) is 0 Å². The lowest BCUT2D eigenvalue weighted by Crippen LogP contribution is -2.43. The summed E-state index contributed by atoms with van der Waals surface area (Å²) in [5.41, 5.74) is 10.3. The number of primary amides is 1. The zero-order valence-corrected chi connectivity index (χ0v) is 9.11. The molecule has 0 radical (unpaired) electrons. The summed E-state index contributed by atoms with van der Waals surface area (Å²) in [4.78, 5) is 10.6. The highest BCUT2D eigenvalue weighted by Gasteiger charge is 2.13. The molecule has 1 amide bonds. The van der Waals surface area contributed by atoms with Gasteiger partial charge in [-0.15, -0.1) is 0 Å². The molecule has 2 atom stereocenters. The van der Waals surface area contributed by atoms with Gasteiger partial charge in [-0.2, -0.15) is 0 Å². The van der Waals surface area contributed by atoms with Crippen LogP contribution in [0.25, 0.3) is 0 Å². The van der Waals surface area contributed by atoms with Crippen molar-refractivity contribution in [3.8, 4) is 0 Å². The molecule has 2 unspecified atom stereocenters. The van der Waals surface area contributed by atoms with Crippen molar-refractivity contribution in [3.05, 3.63) is 0 Å². The van der Waals surface area contributed by atoms with Crippen molar-refractivity contribution in [1.82, 2.24) is 5.32 Å². The molecule has 0 rings (SSSR count). The van der Waals surface area contributed by atoms with Crippen molar-refractivity contribution in [2.45, 2.75) is 25.0 Å². The minimum absolute atomic E-state index is 0.0903. The quantitative estimate of drug-likeness (QED) is 0.365. The number of hydrogen-bond acceptors (Lipinski definition) is 5. The minimum atomic E-state index is -1.15. The van der Waals surface area contributed by atoms with E-state index in [9.17, 15) is 4.79 Å². The molecule has 6 N–H and O–H groups in total. The van der Waals surface area contributed by atoms with Crippen molar-refractivity contribution in [3.63, 3.8) is 0 Å². The van der Waals surface area contributed by atoms with E-state index < -0.39 is 12.0 Å². The maximum atomic E-state index is 10.6. The van der Waals surface area contributed by atoms with Crippen LogP contribution in [-0.4, -0.2) is 50.0 Å². The molecule has 0 aliphatic carbocycles. The molecule has 0 heterocycles. The second-order valence-electron chi connectivity index (χ2n) is 3.41. The Morgan fingerprint density at radius 1 is 1.60 bits per heavy atom. The van der Waals surface area contributed by atoms with E-state index in [1.54, 1.807) is 7.11 Å². The van der Waals surface area contributed by atoms with E-state index in [4.69, 9.17) is 21.3 Å². The average molecular weight is 219 g/mol. The molecule has 0 saturated carbocycles. The first-order chi connectivity index (χ1) is 7.11. The van der Waals surface area contributed by atoms with Gasteiger partial charge in [0.05, 0.1) is 6.61 Å². The van der Waals surface area contributed by atoms with Crippen molar-refractivity contribution < 1.29 is 14.6 Å². The second-order valence-corrected chi connectivity index (χ2v) is 3.41. The second kappa shape index (κ2) is 8.60. The van der Waals surface area contributed by atoms with Crippen LogP contribution in [0.2, 0.25) is 0 Å². The summed E-state index contributed by atoms with van der Waals surface area (Å²) in [6.07, 6.45) is 0.561. The molecule has 15 heavy (non-hydrogen) atoms. The molecule has 90 valence electrons. The number of nitrogens with two attached hydrogens (primary N) is 2. The fourth-order valence-electron chi connectivity index (χ4n) is 1.19. The summed E-state index contributed by atoms with van der Waals surface area (Å²) < 4.78 is 4.99. The maximum absolute atomic E-state index is 10.6. The highest BCUT2D eigenvalue weighted by molar-refractivity contribution is 5.78. The SMILES string of the molecule is COCC(CCCN)NCC(O)C(N)=O. The Kier molecular flexibility index (Phi) is 8.21. The minimum Gasteiger partial charge on any atom is -0.383 e. The van der Waals surface area contributed by atoms with Crippen LogP contribution in [0.1, 0.15) is 12.8 Å². The van der Waals surface area contributed by atoms with Gasteiger partial charge in [0.25, 0.3) is 0 Å². The van der Waals surface area contributed by atoms with Gasteiger partial charge < -0.3 is 26.6 Å². The first-order valence-corrected chi connectivity index (χ1v) is 5.01. The van der Waals surface area contributed by atoms with Crippen LogP contribution in [0, 0.1) is 0 Å². The Labute approximate surface area is 90.0 Å². The van der Waals surface area contributed by atoms with Crippen molar-refractivity contribution in [2.24, 2.45) is 11.5 Å². The van der Waals surface area contributed by atoms with Crippen LogP contribution >= 0.6 is 0 Å². The zero-order valence-electron chi connectivity index (χ0n) is 9.11. The van der Waals surface area contributed by atoms with Crippen LogP contribution in [0.5, 0.6) is 0 Å². The number of rotatable bonds is 9. The van der Waals surface area contributed by atoms with Crippen molar-refractivity contribution >= 4 is 5.91 Å². The van der Waals surface area contributed by atoms with Crippen LogP contribution in [0.15, 0.2) is 0 Å². The zero-order chi connectivity index (χ0) is 11.7. The molecule has 0 aromatic carbocycles. The predicted molar refractivity (Wildman–Crippen MR) is 57.2 cm³/mol. The predicted octanol–water partition coefficient (Wildman–Crippen LogP) is -1.82. The summed E-state index contributed by atoms with van der Waals surface area (Å²) in [6.45, 7) is 1.28. The summed E-state index contributed by atoms with van der Waals surface area (Å²) in [6, 6.07) is 0.0903. The van der Waals surface area contributed by atoms with Crippen LogP contribution in [0.4, 0.5) is 0 Å². The molecular weight excluding hydrogens is 198 g/mol. The summed E-state index contributed by atoms with van der Waals surface area (Å²) in [5, 5.41) is 12.2. The van der Waals surface area contributed by atoms with Crippen LogP contribution in [0.3, 0.4) is 0 Å². The monoisotopic (exact) mass is 219 g/mol. The number of carbonyl (C=O) groups is 1. The highest BCUT2D eigenvalue weighted by atomic mass is 16.5. The molecule has 0 aliphatic rings.